The van der Waals surface area contributed by atoms with Crippen molar-refractivity contribution in [2.24, 2.45) is 0 Å². The first-order valence-corrected chi connectivity index (χ1v) is 6.88. The first-order chi connectivity index (χ1) is 9.75. The van der Waals surface area contributed by atoms with Crippen molar-refractivity contribution in [3.63, 3.8) is 0 Å². The van der Waals surface area contributed by atoms with E-state index in [2.05, 4.69) is 71.3 Å². The zero-order valence-electron chi connectivity index (χ0n) is 11.8. The van der Waals surface area contributed by atoms with Crippen molar-refractivity contribution in [1.29, 1.82) is 0 Å². The van der Waals surface area contributed by atoms with Crippen LogP contribution >= 0.6 is 0 Å². The Labute approximate surface area is 119 Å². The molecular formula is C18H18N2. The first-order valence-electron chi connectivity index (χ1n) is 6.88. The number of nitrogens with zero attached hydrogens (tertiary/aromatic N) is 2. The lowest BCUT2D eigenvalue weighted by molar-refractivity contribution is 0.575. The van der Waals surface area contributed by atoms with Gasteiger partial charge in [0.1, 0.15) is 6.04 Å². The maximum Gasteiger partial charge on any atom is 0.102 e. The predicted octanol–water partition coefficient (Wildman–Crippen LogP) is 4.14. The monoisotopic (exact) mass is 262 g/mol. The van der Waals surface area contributed by atoms with Gasteiger partial charge in [-0.1, -0.05) is 60.7 Å². The lowest BCUT2D eigenvalue weighted by atomic mass is 9.99. The number of hydrogen-bond acceptors (Lipinski definition) is 1. The molecule has 0 unspecified atom stereocenters. The summed E-state index contributed by atoms with van der Waals surface area (Å²) >= 11 is 0. The third-order valence-corrected chi connectivity index (χ3v) is 3.52. The summed E-state index contributed by atoms with van der Waals surface area (Å²) in [7, 11) is 0. The molecule has 1 heterocycles. The smallest absolute Gasteiger partial charge is 0.102 e. The van der Waals surface area contributed by atoms with Crippen molar-refractivity contribution >= 4 is 0 Å². The van der Waals surface area contributed by atoms with E-state index in [0.29, 0.717) is 0 Å². The predicted molar refractivity (Wildman–Crippen MR) is 81.8 cm³/mol. The maximum atomic E-state index is 4.68. The van der Waals surface area contributed by atoms with Crippen molar-refractivity contribution in [3.05, 3.63) is 89.2 Å². The quantitative estimate of drug-likeness (QED) is 0.693. The molecule has 0 fully saturated rings. The summed E-state index contributed by atoms with van der Waals surface area (Å²) in [5.41, 5.74) is 4.74. The molecule has 0 atom stereocenters. The van der Waals surface area contributed by atoms with Crippen molar-refractivity contribution in [1.82, 2.24) is 9.78 Å². The molecule has 0 saturated carbocycles. The second-order valence-electron chi connectivity index (χ2n) is 5.10. The van der Waals surface area contributed by atoms with Crippen molar-refractivity contribution < 1.29 is 0 Å². The zero-order valence-corrected chi connectivity index (χ0v) is 11.8. The van der Waals surface area contributed by atoms with Crippen molar-refractivity contribution in [2.45, 2.75) is 19.9 Å². The molecule has 0 radical (unpaired) electrons. The van der Waals surface area contributed by atoms with E-state index in [4.69, 9.17) is 0 Å². The van der Waals surface area contributed by atoms with Crippen LogP contribution in [-0.4, -0.2) is 9.78 Å². The summed E-state index contributed by atoms with van der Waals surface area (Å²) in [5.74, 6) is 0. The van der Waals surface area contributed by atoms with Crippen LogP contribution in [0.3, 0.4) is 0 Å². The molecule has 0 N–H and O–H groups in total. The van der Waals surface area contributed by atoms with Gasteiger partial charge in [-0.3, -0.25) is 4.68 Å². The summed E-state index contributed by atoms with van der Waals surface area (Å²) < 4.78 is 2.11. The summed E-state index contributed by atoms with van der Waals surface area (Å²) in [6.45, 7) is 4.15. The molecule has 0 aliphatic carbocycles. The molecule has 20 heavy (non-hydrogen) atoms. The lowest BCUT2D eigenvalue weighted by Gasteiger charge is -2.20. The molecule has 0 aliphatic rings. The third kappa shape index (κ3) is 2.37. The maximum absolute atomic E-state index is 4.68. The molecule has 3 aromatic rings. The van der Waals surface area contributed by atoms with Crippen LogP contribution in [0.2, 0.25) is 0 Å². The Morgan fingerprint density at radius 1 is 0.800 bits per heavy atom. The first kappa shape index (κ1) is 12.7. The normalized spacial score (nSPS) is 10.9. The van der Waals surface area contributed by atoms with Crippen LogP contribution in [-0.2, 0) is 0 Å². The van der Waals surface area contributed by atoms with Crippen LogP contribution in [0.5, 0.6) is 0 Å². The average Bonchev–Trinajstić information content (AvgIpc) is 2.80. The Hall–Kier alpha value is -2.35. The van der Waals surface area contributed by atoms with Crippen LogP contribution in [0.15, 0.2) is 66.7 Å². The highest BCUT2D eigenvalue weighted by molar-refractivity contribution is 5.33. The van der Waals surface area contributed by atoms with Gasteiger partial charge in [-0.25, -0.2) is 0 Å². The van der Waals surface area contributed by atoms with Gasteiger partial charge in [0.05, 0.1) is 5.69 Å². The number of rotatable bonds is 3. The van der Waals surface area contributed by atoms with E-state index in [1.165, 1.54) is 16.8 Å². The van der Waals surface area contributed by atoms with E-state index in [0.717, 1.165) is 5.69 Å². The van der Waals surface area contributed by atoms with E-state index in [-0.39, 0.29) is 6.04 Å². The van der Waals surface area contributed by atoms with Gasteiger partial charge in [0.25, 0.3) is 0 Å². The van der Waals surface area contributed by atoms with Crippen LogP contribution in [0.25, 0.3) is 0 Å². The molecule has 0 spiro atoms. The molecule has 1 aromatic heterocycles. The summed E-state index contributed by atoms with van der Waals surface area (Å²) in [5, 5.41) is 4.68. The van der Waals surface area contributed by atoms with E-state index < -0.39 is 0 Å². The largest absolute Gasteiger partial charge is 0.258 e. The fourth-order valence-corrected chi connectivity index (χ4v) is 2.65. The standard InChI is InChI=1S/C18H18N2/c1-14-13-15(2)20(19-14)18(16-9-5-3-6-10-16)17-11-7-4-8-12-17/h3-13,18H,1-2H3. The van der Waals surface area contributed by atoms with Gasteiger partial charge in [-0.2, -0.15) is 5.10 Å². The number of hydrogen-bond donors (Lipinski definition) is 0. The third-order valence-electron chi connectivity index (χ3n) is 3.52. The van der Waals surface area contributed by atoms with Gasteiger partial charge in [-0.05, 0) is 31.0 Å². The number of aryl methyl sites for hydroxylation is 2. The Balaban J connectivity index is 2.16. The second kappa shape index (κ2) is 5.33. The van der Waals surface area contributed by atoms with Gasteiger partial charge in [0.2, 0.25) is 0 Å². The van der Waals surface area contributed by atoms with Crippen LogP contribution in [0.4, 0.5) is 0 Å². The zero-order chi connectivity index (χ0) is 13.9. The summed E-state index contributed by atoms with van der Waals surface area (Å²) in [4.78, 5) is 0. The van der Waals surface area contributed by atoms with Crippen molar-refractivity contribution in [3.8, 4) is 0 Å². The SMILES string of the molecule is Cc1cc(C)n(C(c2ccccc2)c2ccccc2)n1. The van der Waals surface area contributed by atoms with Gasteiger partial charge in [-0.15, -0.1) is 0 Å². The number of benzene rings is 2. The summed E-state index contributed by atoms with van der Waals surface area (Å²) in [6.07, 6.45) is 0. The van der Waals surface area contributed by atoms with E-state index in [1.807, 2.05) is 19.1 Å². The average molecular weight is 262 g/mol. The Kier molecular flexibility index (Phi) is 3.38. The molecule has 0 amide bonds. The molecule has 0 saturated heterocycles. The fourth-order valence-electron chi connectivity index (χ4n) is 2.65. The fraction of sp³-hybridized carbons (Fsp3) is 0.167. The Morgan fingerprint density at radius 3 is 1.70 bits per heavy atom. The lowest BCUT2D eigenvalue weighted by Crippen LogP contribution is -2.15. The van der Waals surface area contributed by atoms with Gasteiger partial charge < -0.3 is 0 Å². The van der Waals surface area contributed by atoms with E-state index in [1.54, 1.807) is 0 Å². The minimum atomic E-state index is 0.131. The summed E-state index contributed by atoms with van der Waals surface area (Å²) in [6, 6.07) is 23.3. The highest BCUT2D eigenvalue weighted by Crippen LogP contribution is 2.27. The molecule has 2 nitrogen and oxygen atoms in total. The topological polar surface area (TPSA) is 17.8 Å². The van der Waals surface area contributed by atoms with Crippen LogP contribution in [0.1, 0.15) is 28.6 Å². The molecule has 100 valence electrons. The van der Waals surface area contributed by atoms with Gasteiger partial charge in [0, 0.05) is 5.69 Å². The highest BCUT2D eigenvalue weighted by Gasteiger charge is 2.18. The van der Waals surface area contributed by atoms with E-state index >= 15 is 0 Å². The number of aromatic nitrogens is 2. The minimum absolute atomic E-state index is 0.131. The molecule has 2 heteroatoms. The van der Waals surface area contributed by atoms with Gasteiger partial charge >= 0.3 is 0 Å². The van der Waals surface area contributed by atoms with E-state index in [9.17, 15) is 0 Å². The van der Waals surface area contributed by atoms with Gasteiger partial charge in [0.15, 0.2) is 0 Å². The minimum Gasteiger partial charge on any atom is -0.258 e. The molecule has 2 aromatic carbocycles. The van der Waals surface area contributed by atoms with Crippen LogP contribution in [0, 0.1) is 13.8 Å². The second-order valence-corrected chi connectivity index (χ2v) is 5.10. The molecule has 0 aliphatic heterocycles. The van der Waals surface area contributed by atoms with Crippen molar-refractivity contribution in [2.75, 3.05) is 0 Å². The molecule has 0 bridgehead atoms. The molecule has 3 rings (SSSR count). The Morgan fingerprint density at radius 2 is 1.30 bits per heavy atom. The Bertz CT molecular complexity index is 644. The molecular weight excluding hydrogens is 244 g/mol. The highest BCUT2D eigenvalue weighted by atomic mass is 15.3. The van der Waals surface area contributed by atoms with Crippen LogP contribution < -0.4 is 0 Å².